The van der Waals surface area contributed by atoms with Crippen LogP contribution in [0.5, 0.6) is 0 Å². The van der Waals surface area contributed by atoms with Crippen molar-refractivity contribution in [1.29, 1.82) is 0 Å². The molecule has 0 spiro atoms. The normalized spacial score (nSPS) is 32.5. The van der Waals surface area contributed by atoms with Crippen LogP contribution in [-0.4, -0.2) is 59.9 Å². The Morgan fingerprint density at radius 3 is 1.35 bits per heavy atom. The number of alkyl carbamates (subject to hydrolysis) is 2. The minimum absolute atomic E-state index is 0.130. The van der Waals surface area contributed by atoms with Crippen LogP contribution in [0, 0.1) is 59.8 Å². The topological polar surface area (TPSA) is 173 Å². The lowest BCUT2D eigenvalue weighted by atomic mass is 10.1. The van der Waals surface area contributed by atoms with E-state index < -0.39 is 5.97 Å². The number of carboxylic acids is 1. The van der Waals surface area contributed by atoms with Crippen molar-refractivity contribution in [3.8, 4) is 0 Å². The number of ether oxygens (including phenoxy) is 2. The highest BCUT2D eigenvalue weighted by atomic mass is 16.6. The largest absolute Gasteiger partial charge is 0.481 e. The highest BCUT2D eigenvalue weighted by molar-refractivity contribution is 5.71. The molecule has 0 radical (unpaired) electrons. The molecule has 0 saturated heterocycles. The standard InChI is InChI=1S/C14H17NO2.C13H15NO2.C7H11NO.C7H9N.C6H11N.C6H8O2/c16-14(15-13-7-11-6-12(11)8-13)17-9-10-4-2-1-3-5-10;15-13(14-12-8-4-5-9-12)16-10-11-6-2-1-3-7-11;9-4-8-7-2-5-1-6(5)3-7;1-8-7-3-5-2-6(5)4-7;7-6-2-4-1-5(4)3-6;7-6(8)5-3-1-2-4-5/h1-5,11-13H,6-9H2,(H,15,16);1-7,12H,8-10H2,(H,14,15);4-7H,1-3H2,(H,8,9);5-7H,2-4H2;4-6H,1-3,7H2;1-2,5H,3-4H2,(H,7,8). The average Bonchev–Trinajstić information content (AvgIpc) is 4.19. The van der Waals surface area contributed by atoms with Gasteiger partial charge in [-0.2, -0.15) is 0 Å². The van der Waals surface area contributed by atoms with Crippen LogP contribution in [0.25, 0.3) is 4.85 Å². The first-order chi connectivity index (χ1) is 31.6. The third kappa shape index (κ3) is 16.4. The Hall–Kier alpha value is -5.15. The van der Waals surface area contributed by atoms with E-state index in [1.54, 1.807) is 0 Å². The number of amides is 3. The van der Waals surface area contributed by atoms with Crippen molar-refractivity contribution in [2.24, 2.45) is 59.0 Å². The number of carbonyl (C=O) groups excluding carboxylic acids is 3. The summed E-state index contributed by atoms with van der Waals surface area (Å²) >= 11 is 0. The summed E-state index contributed by atoms with van der Waals surface area (Å²) in [5, 5.41) is 17.0. The van der Waals surface area contributed by atoms with Gasteiger partial charge in [-0.05, 0) is 148 Å². The Morgan fingerprint density at radius 2 is 0.985 bits per heavy atom. The molecule has 350 valence electrons. The number of rotatable bonds is 9. The third-order valence-corrected chi connectivity index (χ3v) is 14.9. The van der Waals surface area contributed by atoms with Crippen molar-refractivity contribution in [3.05, 3.63) is 108 Å². The van der Waals surface area contributed by atoms with Crippen molar-refractivity contribution < 1.29 is 33.8 Å². The average molecular weight is 890 g/mol. The molecule has 10 aliphatic carbocycles. The summed E-state index contributed by atoms with van der Waals surface area (Å²) in [5.41, 5.74) is 7.68. The molecule has 12 heteroatoms. The predicted octanol–water partition coefficient (Wildman–Crippen LogP) is 9.36. The lowest BCUT2D eigenvalue weighted by Crippen LogP contribution is -2.34. The number of fused-ring (bicyclic) bond motifs is 4. The van der Waals surface area contributed by atoms with Gasteiger partial charge in [-0.25, -0.2) is 16.2 Å². The van der Waals surface area contributed by atoms with Gasteiger partial charge < -0.3 is 41.1 Å². The molecule has 65 heavy (non-hydrogen) atoms. The molecular weight excluding hydrogens is 819 g/mol. The minimum atomic E-state index is -0.671. The maximum Gasteiger partial charge on any atom is 0.407 e. The summed E-state index contributed by atoms with van der Waals surface area (Å²) in [6.45, 7) is 7.42. The van der Waals surface area contributed by atoms with Crippen molar-refractivity contribution in [1.82, 2.24) is 16.0 Å². The Labute approximate surface area is 385 Å². The van der Waals surface area contributed by atoms with E-state index in [9.17, 15) is 19.2 Å². The Balaban J connectivity index is 0.000000120. The van der Waals surface area contributed by atoms with Crippen LogP contribution in [0.3, 0.4) is 0 Å². The molecule has 2 aromatic rings. The molecule has 0 aliphatic heterocycles. The minimum Gasteiger partial charge on any atom is -0.481 e. The number of aliphatic carboxylic acids is 1. The first-order valence-electron chi connectivity index (χ1n) is 24.4. The zero-order valence-corrected chi connectivity index (χ0v) is 37.9. The number of allylic oxidation sites excluding steroid dienone is 2. The van der Waals surface area contributed by atoms with Gasteiger partial charge in [0.05, 0.1) is 5.92 Å². The molecule has 3 amide bonds. The fourth-order valence-corrected chi connectivity index (χ4v) is 10.7. The van der Waals surface area contributed by atoms with Crippen molar-refractivity contribution >= 4 is 24.6 Å². The van der Waals surface area contributed by atoms with Gasteiger partial charge in [-0.1, -0.05) is 85.0 Å². The number of nitrogens with one attached hydrogen (secondary N) is 3. The van der Waals surface area contributed by atoms with Crippen molar-refractivity contribution in [3.63, 3.8) is 0 Å². The molecule has 8 saturated carbocycles. The molecule has 8 atom stereocenters. The van der Waals surface area contributed by atoms with Gasteiger partial charge in [0.1, 0.15) is 13.2 Å². The summed E-state index contributed by atoms with van der Waals surface area (Å²) in [5.74, 6) is 7.01. The zero-order chi connectivity index (χ0) is 45.5. The lowest BCUT2D eigenvalue weighted by Gasteiger charge is -2.14. The number of hydrogen-bond acceptors (Lipinski definition) is 7. The summed E-state index contributed by atoms with van der Waals surface area (Å²) in [6.07, 6.45) is 27.0. The van der Waals surface area contributed by atoms with Crippen LogP contribution in [0.4, 0.5) is 9.59 Å². The van der Waals surface area contributed by atoms with Crippen LogP contribution >= 0.6 is 0 Å². The number of nitrogens with zero attached hydrogens (tertiary/aromatic N) is 1. The van der Waals surface area contributed by atoms with Gasteiger partial charge in [-0.3, -0.25) is 9.59 Å². The monoisotopic (exact) mass is 890 g/mol. The van der Waals surface area contributed by atoms with Gasteiger partial charge >= 0.3 is 18.2 Å². The maximum absolute atomic E-state index is 11.6. The maximum atomic E-state index is 11.6. The highest BCUT2D eigenvalue weighted by Gasteiger charge is 2.49. The van der Waals surface area contributed by atoms with E-state index in [4.69, 9.17) is 26.9 Å². The molecule has 8 fully saturated rings. The molecule has 6 N–H and O–H groups in total. The smallest absolute Gasteiger partial charge is 0.407 e. The first kappa shape index (κ1) is 47.8. The third-order valence-electron chi connectivity index (χ3n) is 14.9. The van der Waals surface area contributed by atoms with Gasteiger partial charge in [0, 0.05) is 37.0 Å². The second kappa shape index (κ2) is 23.9. The Morgan fingerprint density at radius 1 is 0.585 bits per heavy atom. The number of carboxylic acid groups (broad SMARTS) is 1. The second-order valence-electron chi connectivity index (χ2n) is 20.2. The fraction of sp³-hybridized carbons (Fsp3) is 0.604. The van der Waals surface area contributed by atoms with Gasteiger partial charge in [0.2, 0.25) is 12.5 Å². The molecule has 10 aliphatic rings. The predicted molar refractivity (Wildman–Crippen MR) is 250 cm³/mol. The first-order valence-corrected chi connectivity index (χ1v) is 24.4. The molecule has 0 aromatic heterocycles. The molecule has 12 rings (SSSR count). The van der Waals surface area contributed by atoms with E-state index in [0.717, 1.165) is 103 Å². The van der Waals surface area contributed by atoms with E-state index in [0.29, 0.717) is 37.4 Å². The van der Waals surface area contributed by atoms with Crippen LogP contribution in [0.1, 0.15) is 114 Å². The number of hydrogen-bond donors (Lipinski definition) is 5. The highest BCUT2D eigenvalue weighted by Crippen LogP contribution is 2.53. The van der Waals surface area contributed by atoms with Crippen LogP contribution < -0.4 is 21.7 Å². The van der Waals surface area contributed by atoms with Gasteiger partial charge in [-0.15, -0.1) is 0 Å². The second-order valence-corrected chi connectivity index (χ2v) is 20.2. The number of benzene rings is 2. The van der Waals surface area contributed by atoms with Gasteiger partial charge in [0.15, 0.2) is 0 Å². The molecule has 8 unspecified atom stereocenters. The SMILES string of the molecule is NC1CC2CC2C1.O=C(NC1CC2CC2C1)OCc1ccccc1.O=C(NC1CC=CC1)OCc1ccccc1.O=C(O)C1CC=CC1.O=CNC1CC2CC2C1.[C-]#[N+]C1CC2CC2C1. The van der Waals surface area contributed by atoms with E-state index in [-0.39, 0.29) is 24.1 Å². The molecule has 2 aromatic carbocycles. The summed E-state index contributed by atoms with van der Waals surface area (Å²) in [6, 6.07) is 21.5. The van der Waals surface area contributed by atoms with Crippen molar-refractivity contribution in [2.75, 3.05) is 0 Å². The molecular formula is C53H71N5O7. The zero-order valence-electron chi connectivity index (χ0n) is 37.9. The van der Waals surface area contributed by atoms with Crippen LogP contribution in [0.15, 0.2) is 85.0 Å². The molecule has 0 bridgehead atoms. The Kier molecular flexibility index (Phi) is 17.5. The van der Waals surface area contributed by atoms with E-state index in [2.05, 4.69) is 32.9 Å². The van der Waals surface area contributed by atoms with Crippen LogP contribution in [0.2, 0.25) is 0 Å². The summed E-state index contributed by atoms with van der Waals surface area (Å²) < 4.78 is 10.3. The number of carbonyl (C=O) groups is 4. The van der Waals surface area contributed by atoms with Gasteiger partial charge in [0.25, 0.3) is 0 Å². The van der Waals surface area contributed by atoms with Crippen LogP contribution in [-0.2, 0) is 32.3 Å². The van der Waals surface area contributed by atoms with Crippen molar-refractivity contribution in [2.45, 2.75) is 146 Å². The van der Waals surface area contributed by atoms with E-state index in [1.807, 2.05) is 72.8 Å². The molecule has 0 heterocycles. The Bertz CT molecular complexity index is 1900. The van der Waals surface area contributed by atoms with E-state index >= 15 is 0 Å². The molecule has 12 nitrogen and oxygen atoms in total. The lowest BCUT2D eigenvalue weighted by molar-refractivity contribution is -0.141. The summed E-state index contributed by atoms with van der Waals surface area (Å²) in [4.78, 5) is 46.6. The fourth-order valence-electron chi connectivity index (χ4n) is 10.7. The summed E-state index contributed by atoms with van der Waals surface area (Å²) in [7, 11) is 0. The quantitative estimate of drug-likeness (QED) is 0.0941. The van der Waals surface area contributed by atoms with E-state index in [1.165, 1.54) is 64.2 Å². The number of nitrogens with two attached hydrogens (primary N) is 1.